The number of nitrogens with zero attached hydrogens (tertiary/aromatic N) is 1. The van der Waals surface area contributed by atoms with Crippen molar-refractivity contribution in [2.75, 3.05) is 19.4 Å². The highest BCUT2D eigenvalue weighted by Crippen LogP contribution is 2.30. The van der Waals surface area contributed by atoms with Crippen LogP contribution < -0.4 is 21.5 Å². The van der Waals surface area contributed by atoms with Crippen LogP contribution in [-0.2, 0) is 6.42 Å². The Kier molecular flexibility index (Phi) is 6.85. The molecule has 41 heavy (non-hydrogen) atoms. The van der Waals surface area contributed by atoms with Crippen molar-refractivity contribution < 1.29 is 14.4 Å². The van der Waals surface area contributed by atoms with Crippen LogP contribution in [0.5, 0.6) is 0 Å². The lowest BCUT2D eigenvalue weighted by Crippen LogP contribution is -2.31. The molecule has 0 fully saturated rings. The Labute approximate surface area is 238 Å². The Morgan fingerprint density at radius 2 is 1.51 bits per heavy atom. The van der Waals surface area contributed by atoms with Crippen molar-refractivity contribution in [3.63, 3.8) is 0 Å². The van der Waals surface area contributed by atoms with E-state index in [9.17, 15) is 14.4 Å². The third-order valence-corrected chi connectivity index (χ3v) is 8.06. The number of Topliss-reactive ketones (excluding diaryl/α,β-unsaturated/α-hetero) is 1. The van der Waals surface area contributed by atoms with E-state index in [0.29, 0.717) is 16.8 Å². The molecule has 4 aromatic carbocycles. The molecule has 204 valence electrons. The van der Waals surface area contributed by atoms with Crippen LogP contribution in [0, 0.1) is 10.4 Å². The lowest BCUT2D eigenvalue weighted by Gasteiger charge is -2.29. The van der Waals surface area contributed by atoms with E-state index < -0.39 is 5.91 Å². The molecule has 0 spiro atoms. The summed E-state index contributed by atoms with van der Waals surface area (Å²) in [5.41, 5.74) is 10.5. The van der Waals surface area contributed by atoms with Gasteiger partial charge in [-0.05, 0) is 108 Å². The summed E-state index contributed by atoms with van der Waals surface area (Å²) in [6, 6.07) is 26.2. The molecule has 1 unspecified atom stereocenters. The first-order chi connectivity index (χ1) is 19.8. The third kappa shape index (κ3) is 4.87. The van der Waals surface area contributed by atoms with E-state index >= 15 is 0 Å². The van der Waals surface area contributed by atoms with E-state index in [4.69, 9.17) is 5.73 Å². The van der Waals surface area contributed by atoms with Gasteiger partial charge in [0.1, 0.15) is 0 Å². The van der Waals surface area contributed by atoms with Crippen LogP contribution in [0.4, 0.5) is 5.69 Å². The van der Waals surface area contributed by atoms with Crippen molar-refractivity contribution in [2.24, 2.45) is 5.73 Å². The Balaban J connectivity index is 1.35. The van der Waals surface area contributed by atoms with Gasteiger partial charge in [0.15, 0.2) is 5.78 Å². The molecule has 2 aliphatic carbocycles. The Morgan fingerprint density at radius 1 is 0.780 bits per heavy atom. The molecule has 6 rings (SSSR count). The highest BCUT2D eigenvalue weighted by molar-refractivity contribution is 6.24. The van der Waals surface area contributed by atoms with Gasteiger partial charge in [0.25, 0.3) is 5.91 Å². The van der Waals surface area contributed by atoms with Gasteiger partial charge >= 0.3 is 0 Å². The minimum Gasteiger partial charge on any atom is -0.366 e. The van der Waals surface area contributed by atoms with Gasteiger partial charge < -0.3 is 11.1 Å². The minimum absolute atomic E-state index is 0.0135. The van der Waals surface area contributed by atoms with E-state index in [2.05, 4.69) is 66.8 Å². The monoisotopic (exact) mass is 541 g/mol. The number of nitrogens with two attached hydrogens (primary N) is 1. The van der Waals surface area contributed by atoms with E-state index in [-0.39, 0.29) is 23.3 Å². The number of carbonyl (C=O) groups excluding carboxylic acids is 3. The lowest BCUT2D eigenvalue weighted by atomic mass is 9.82. The maximum atomic E-state index is 13.8. The second-order valence-corrected chi connectivity index (χ2v) is 10.9. The SMILES string of the molecule is CN(C)C1C=c2ccccc2=c2ccc3c(c21)CCCC=3C(=O)c1ccc(NC(=O)c2cccc(C(N)=O)c2)cc1. The standard InChI is InChI=1S/C35H31N3O3/c1-38(2)31-20-22-7-3-4-10-26(22)29-18-17-27-28(32(29)31)11-6-12-30(27)33(39)21-13-15-25(16-14-21)37-35(41)24-9-5-8-23(19-24)34(36)40/h3-5,7-10,13-20,31H,6,11-12H2,1-2H3,(H2,36,40)(H,37,41). The third-order valence-electron chi connectivity index (χ3n) is 8.06. The fourth-order valence-corrected chi connectivity index (χ4v) is 6.05. The second kappa shape index (κ2) is 10.6. The quantitative estimate of drug-likeness (QED) is 0.360. The molecule has 0 aliphatic heterocycles. The molecule has 4 aromatic rings. The summed E-state index contributed by atoms with van der Waals surface area (Å²) in [6.07, 6.45) is 4.92. The minimum atomic E-state index is -0.593. The number of anilines is 1. The van der Waals surface area contributed by atoms with E-state index in [1.807, 2.05) is 0 Å². The number of hydrogen-bond donors (Lipinski definition) is 2. The van der Waals surface area contributed by atoms with E-state index in [1.54, 1.807) is 42.5 Å². The fourth-order valence-electron chi connectivity index (χ4n) is 6.05. The number of fused-ring (bicyclic) bond motifs is 4. The summed E-state index contributed by atoms with van der Waals surface area (Å²) in [5, 5.41) is 7.59. The first-order valence-electron chi connectivity index (χ1n) is 13.8. The van der Waals surface area contributed by atoms with Crippen molar-refractivity contribution in [3.8, 4) is 0 Å². The topological polar surface area (TPSA) is 92.5 Å². The van der Waals surface area contributed by atoms with Crippen LogP contribution in [-0.4, -0.2) is 36.6 Å². The normalized spacial score (nSPS) is 15.3. The van der Waals surface area contributed by atoms with Crippen molar-refractivity contribution in [1.82, 2.24) is 4.90 Å². The second-order valence-electron chi connectivity index (χ2n) is 10.9. The van der Waals surface area contributed by atoms with Crippen LogP contribution in [0.3, 0.4) is 0 Å². The van der Waals surface area contributed by atoms with Crippen LogP contribution in [0.2, 0.25) is 0 Å². The fraction of sp³-hybridized carbons (Fsp3) is 0.171. The predicted octanol–water partition coefficient (Wildman–Crippen LogP) is 4.09. The van der Waals surface area contributed by atoms with Gasteiger partial charge in [0.2, 0.25) is 5.91 Å². The number of rotatable bonds is 6. The van der Waals surface area contributed by atoms with Gasteiger partial charge in [-0.15, -0.1) is 0 Å². The van der Waals surface area contributed by atoms with Crippen molar-refractivity contribution in [3.05, 3.63) is 134 Å². The van der Waals surface area contributed by atoms with Crippen LogP contribution in [0.25, 0.3) is 11.6 Å². The zero-order chi connectivity index (χ0) is 28.7. The summed E-state index contributed by atoms with van der Waals surface area (Å²) in [5.74, 6) is -0.939. The van der Waals surface area contributed by atoms with Gasteiger partial charge in [-0.2, -0.15) is 0 Å². The van der Waals surface area contributed by atoms with Gasteiger partial charge in [-0.1, -0.05) is 48.5 Å². The number of ketones is 1. The number of hydrogen-bond acceptors (Lipinski definition) is 4. The highest BCUT2D eigenvalue weighted by Gasteiger charge is 2.25. The smallest absolute Gasteiger partial charge is 0.255 e. The number of amides is 2. The molecule has 0 saturated carbocycles. The maximum Gasteiger partial charge on any atom is 0.255 e. The van der Waals surface area contributed by atoms with Gasteiger partial charge in [0, 0.05) is 28.0 Å². The van der Waals surface area contributed by atoms with E-state index in [0.717, 1.165) is 30.1 Å². The first-order valence-corrected chi connectivity index (χ1v) is 13.8. The molecule has 1 atom stereocenters. The number of benzene rings is 4. The van der Waals surface area contributed by atoms with Crippen LogP contribution in [0.15, 0.2) is 84.9 Å². The number of carbonyl (C=O) groups is 3. The summed E-state index contributed by atoms with van der Waals surface area (Å²) >= 11 is 0. The molecule has 2 aliphatic rings. The van der Waals surface area contributed by atoms with Crippen molar-refractivity contribution in [1.29, 1.82) is 0 Å². The van der Waals surface area contributed by atoms with Crippen LogP contribution in [0.1, 0.15) is 61.1 Å². The molecule has 0 bridgehead atoms. The van der Waals surface area contributed by atoms with Crippen molar-refractivity contribution in [2.45, 2.75) is 25.3 Å². The zero-order valence-electron chi connectivity index (χ0n) is 23.1. The average Bonchev–Trinajstić information content (AvgIpc) is 3.00. The molecule has 3 N–H and O–H groups in total. The van der Waals surface area contributed by atoms with Gasteiger partial charge in [-0.25, -0.2) is 0 Å². The molecular formula is C35H31N3O3. The van der Waals surface area contributed by atoms with Crippen LogP contribution >= 0.6 is 0 Å². The molecule has 0 radical (unpaired) electrons. The lowest BCUT2D eigenvalue weighted by molar-refractivity contribution is 0.0999. The molecule has 0 saturated heterocycles. The number of nitrogens with one attached hydrogen (secondary N) is 1. The predicted molar refractivity (Wildman–Crippen MR) is 161 cm³/mol. The summed E-state index contributed by atoms with van der Waals surface area (Å²) < 4.78 is 0. The Hall–Kier alpha value is -4.81. The largest absolute Gasteiger partial charge is 0.366 e. The Bertz CT molecular complexity index is 1940. The van der Waals surface area contributed by atoms with Gasteiger partial charge in [0.05, 0.1) is 6.04 Å². The molecular weight excluding hydrogens is 510 g/mol. The highest BCUT2D eigenvalue weighted by atomic mass is 16.2. The summed E-state index contributed by atoms with van der Waals surface area (Å²) in [4.78, 5) is 40.2. The molecule has 6 nitrogen and oxygen atoms in total. The maximum absolute atomic E-state index is 13.8. The Morgan fingerprint density at radius 3 is 2.27 bits per heavy atom. The zero-order valence-corrected chi connectivity index (χ0v) is 23.1. The molecule has 6 heteroatoms. The molecule has 0 aromatic heterocycles. The molecule has 0 heterocycles. The van der Waals surface area contributed by atoms with Gasteiger partial charge in [-0.3, -0.25) is 19.3 Å². The number of primary amides is 1. The average molecular weight is 542 g/mol. The first kappa shape index (κ1) is 26.4. The molecule has 2 amide bonds. The van der Waals surface area contributed by atoms with E-state index in [1.165, 1.54) is 32.8 Å². The van der Waals surface area contributed by atoms with Crippen molar-refractivity contribution >= 4 is 34.9 Å². The summed E-state index contributed by atoms with van der Waals surface area (Å²) in [6.45, 7) is 0. The summed E-state index contributed by atoms with van der Waals surface area (Å²) in [7, 11) is 4.21.